The average Bonchev–Trinajstić information content (AvgIpc) is 2.74. The number of carbonyl (C=O) groups excluding carboxylic acids is 3. The number of hydrogen-bond acceptors (Lipinski definition) is 6. The predicted octanol–water partition coefficient (Wildman–Crippen LogP) is -0.846. The number of benzene rings is 1. The average molecular weight is 437 g/mol. The van der Waals surface area contributed by atoms with E-state index in [-0.39, 0.29) is 12.3 Å². The second-order valence-corrected chi connectivity index (χ2v) is 7.49. The second kappa shape index (κ2) is 12.7. The Hall–Kier alpha value is -2.98. The molecule has 1 aromatic rings. The minimum atomic E-state index is -1.49. The monoisotopic (exact) mass is 436 g/mol. The van der Waals surface area contributed by atoms with E-state index in [1.165, 1.54) is 6.92 Å². The number of carboxylic acid groups (broad SMARTS) is 1. The smallest absolute Gasteiger partial charge is 0.328 e. The molecular formula is C21H32N4O6. The van der Waals surface area contributed by atoms with Gasteiger partial charge in [-0.15, -0.1) is 0 Å². The zero-order valence-electron chi connectivity index (χ0n) is 18.0. The van der Waals surface area contributed by atoms with Crippen LogP contribution in [0.15, 0.2) is 30.3 Å². The van der Waals surface area contributed by atoms with Crippen LogP contribution in [0.5, 0.6) is 0 Å². The second-order valence-electron chi connectivity index (χ2n) is 7.49. The topological polar surface area (TPSA) is 171 Å². The van der Waals surface area contributed by atoms with Gasteiger partial charge in [-0.2, -0.15) is 0 Å². The lowest BCUT2D eigenvalue weighted by Crippen LogP contribution is -2.59. The number of aliphatic carboxylic acids is 1. The Kier molecular flexibility index (Phi) is 10.6. The molecule has 5 unspecified atom stereocenters. The summed E-state index contributed by atoms with van der Waals surface area (Å²) in [6, 6.07) is 4.65. The fourth-order valence-corrected chi connectivity index (χ4v) is 2.76. The number of nitrogens with two attached hydrogens (primary N) is 1. The maximum absolute atomic E-state index is 13.0. The van der Waals surface area contributed by atoms with Crippen LogP contribution >= 0.6 is 0 Å². The minimum absolute atomic E-state index is 0.175. The molecule has 5 atom stereocenters. The first-order valence-electron chi connectivity index (χ1n) is 10.1. The van der Waals surface area contributed by atoms with Crippen molar-refractivity contribution in [1.29, 1.82) is 0 Å². The number of rotatable bonds is 12. The van der Waals surface area contributed by atoms with Gasteiger partial charge in [-0.05, 0) is 18.4 Å². The van der Waals surface area contributed by atoms with E-state index >= 15 is 0 Å². The fourth-order valence-electron chi connectivity index (χ4n) is 2.76. The number of carboxylic acids is 1. The number of aliphatic hydroxyl groups is 1. The van der Waals surface area contributed by atoms with E-state index < -0.39 is 54.5 Å². The summed E-state index contributed by atoms with van der Waals surface area (Å²) in [5, 5.41) is 25.7. The summed E-state index contributed by atoms with van der Waals surface area (Å²) in [7, 11) is 0. The first kappa shape index (κ1) is 26.1. The maximum Gasteiger partial charge on any atom is 0.328 e. The van der Waals surface area contributed by atoms with E-state index in [0.717, 1.165) is 5.56 Å². The third-order valence-electron chi connectivity index (χ3n) is 4.92. The third kappa shape index (κ3) is 8.35. The molecule has 3 amide bonds. The van der Waals surface area contributed by atoms with Crippen molar-refractivity contribution >= 4 is 23.7 Å². The van der Waals surface area contributed by atoms with Crippen molar-refractivity contribution in [2.75, 3.05) is 6.61 Å². The van der Waals surface area contributed by atoms with Crippen molar-refractivity contribution in [2.24, 2.45) is 11.7 Å². The van der Waals surface area contributed by atoms with Crippen LogP contribution in [-0.2, 0) is 25.6 Å². The van der Waals surface area contributed by atoms with Gasteiger partial charge in [0.05, 0.1) is 12.6 Å². The highest BCUT2D eigenvalue weighted by molar-refractivity contribution is 5.94. The normalized spacial score (nSPS) is 15.6. The van der Waals surface area contributed by atoms with Gasteiger partial charge < -0.3 is 31.9 Å². The Labute approximate surface area is 181 Å². The van der Waals surface area contributed by atoms with Crippen LogP contribution in [-0.4, -0.2) is 64.7 Å². The molecule has 0 heterocycles. The van der Waals surface area contributed by atoms with E-state index in [1.54, 1.807) is 31.2 Å². The Morgan fingerprint density at radius 3 is 2.00 bits per heavy atom. The Morgan fingerprint density at radius 2 is 1.52 bits per heavy atom. The summed E-state index contributed by atoms with van der Waals surface area (Å²) < 4.78 is 0. The van der Waals surface area contributed by atoms with Crippen LogP contribution < -0.4 is 21.7 Å². The van der Waals surface area contributed by atoms with Crippen molar-refractivity contribution in [3.8, 4) is 0 Å². The molecule has 10 nitrogen and oxygen atoms in total. The molecule has 0 radical (unpaired) electrons. The van der Waals surface area contributed by atoms with E-state index in [0.29, 0.717) is 6.42 Å². The molecular weight excluding hydrogens is 404 g/mol. The quantitative estimate of drug-likeness (QED) is 0.248. The maximum atomic E-state index is 13.0. The largest absolute Gasteiger partial charge is 0.480 e. The summed E-state index contributed by atoms with van der Waals surface area (Å²) in [5.74, 6) is -3.59. The summed E-state index contributed by atoms with van der Waals surface area (Å²) in [5.41, 5.74) is 6.40. The predicted molar refractivity (Wildman–Crippen MR) is 114 cm³/mol. The van der Waals surface area contributed by atoms with Crippen LogP contribution in [0.25, 0.3) is 0 Å². The number of amides is 3. The van der Waals surface area contributed by atoms with Crippen LogP contribution in [0.3, 0.4) is 0 Å². The number of nitrogens with one attached hydrogen (secondary N) is 3. The van der Waals surface area contributed by atoms with Gasteiger partial charge in [0.25, 0.3) is 0 Å². The molecule has 0 aliphatic heterocycles. The third-order valence-corrected chi connectivity index (χ3v) is 4.92. The fraction of sp³-hybridized carbons (Fsp3) is 0.524. The molecule has 0 bridgehead atoms. The van der Waals surface area contributed by atoms with E-state index in [2.05, 4.69) is 16.0 Å². The molecule has 31 heavy (non-hydrogen) atoms. The molecule has 7 N–H and O–H groups in total. The summed E-state index contributed by atoms with van der Waals surface area (Å²) in [4.78, 5) is 48.9. The highest BCUT2D eigenvalue weighted by atomic mass is 16.4. The van der Waals surface area contributed by atoms with Gasteiger partial charge in [-0.25, -0.2) is 4.79 Å². The Balaban J connectivity index is 3.05. The molecule has 0 saturated carbocycles. The van der Waals surface area contributed by atoms with Gasteiger partial charge in [-0.3, -0.25) is 14.4 Å². The van der Waals surface area contributed by atoms with E-state index in [1.807, 2.05) is 13.0 Å². The van der Waals surface area contributed by atoms with Gasteiger partial charge in [0.1, 0.15) is 18.1 Å². The molecule has 1 rings (SSSR count). The Bertz CT molecular complexity index is 755. The molecule has 0 saturated heterocycles. The highest BCUT2D eigenvalue weighted by Gasteiger charge is 2.32. The van der Waals surface area contributed by atoms with Crippen molar-refractivity contribution in [3.05, 3.63) is 35.9 Å². The lowest BCUT2D eigenvalue weighted by molar-refractivity contribution is -0.143. The first-order valence-corrected chi connectivity index (χ1v) is 10.1. The lowest BCUT2D eigenvalue weighted by atomic mass is 9.96. The van der Waals surface area contributed by atoms with Gasteiger partial charge in [0, 0.05) is 6.42 Å². The number of hydrogen-bond donors (Lipinski definition) is 6. The number of aliphatic hydroxyl groups excluding tert-OH is 1. The van der Waals surface area contributed by atoms with Crippen LogP contribution in [0.4, 0.5) is 0 Å². The SMILES string of the molecule is CCC(C)C(NC(=O)C(Cc1ccccc1)NC(=O)C(C)N)C(=O)NC(CO)C(=O)O. The molecule has 0 fully saturated rings. The summed E-state index contributed by atoms with van der Waals surface area (Å²) >= 11 is 0. The minimum Gasteiger partial charge on any atom is -0.480 e. The van der Waals surface area contributed by atoms with Crippen molar-refractivity contribution < 1.29 is 29.4 Å². The van der Waals surface area contributed by atoms with Crippen LogP contribution in [0, 0.1) is 5.92 Å². The first-order chi connectivity index (χ1) is 14.6. The van der Waals surface area contributed by atoms with Crippen molar-refractivity contribution in [3.63, 3.8) is 0 Å². The van der Waals surface area contributed by atoms with Gasteiger partial charge in [0.15, 0.2) is 0 Å². The number of carbonyl (C=O) groups is 4. The molecule has 0 aliphatic carbocycles. The van der Waals surface area contributed by atoms with Crippen molar-refractivity contribution in [1.82, 2.24) is 16.0 Å². The molecule has 0 aliphatic rings. The summed E-state index contributed by atoms with van der Waals surface area (Å²) in [6.07, 6.45) is 0.694. The summed E-state index contributed by atoms with van der Waals surface area (Å²) in [6.45, 7) is 4.25. The zero-order chi connectivity index (χ0) is 23.6. The molecule has 0 aromatic heterocycles. The van der Waals surface area contributed by atoms with Gasteiger partial charge >= 0.3 is 5.97 Å². The highest BCUT2D eigenvalue weighted by Crippen LogP contribution is 2.10. The van der Waals surface area contributed by atoms with Crippen LogP contribution in [0.2, 0.25) is 0 Å². The van der Waals surface area contributed by atoms with E-state index in [9.17, 15) is 19.2 Å². The zero-order valence-corrected chi connectivity index (χ0v) is 18.0. The van der Waals surface area contributed by atoms with Gasteiger partial charge in [-0.1, -0.05) is 50.6 Å². The lowest BCUT2D eigenvalue weighted by Gasteiger charge is -2.27. The molecule has 1 aromatic carbocycles. The van der Waals surface area contributed by atoms with Crippen LogP contribution in [0.1, 0.15) is 32.8 Å². The molecule has 10 heteroatoms. The Morgan fingerprint density at radius 1 is 0.935 bits per heavy atom. The van der Waals surface area contributed by atoms with Gasteiger partial charge in [0.2, 0.25) is 17.7 Å². The van der Waals surface area contributed by atoms with Crippen molar-refractivity contribution in [2.45, 2.75) is 57.8 Å². The molecule has 172 valence electrons. The standard InChI is InChI=1S/C21H32N4O6/c1-4-12(2)17(20(29)24-16(11-26)21(30)31)25-19(28)15(23-18(27)13(3)22)10-14-8-6-5-7-9-14/h5-9,12-13,15-17,26H,4,10-11,22H2,1-3H3,(H,23,27)(H,24,29)(H,25,28)(H,30,31). The van der Waals surface area contributed by atoms with E-state index in [4.69, 9.17) is 15.9 Å². The molecule has 0 spiro atoms.